The van der Waals surface area contributed by atoms with E-state index >= 15 is 0 Å². The van der Waals surface area contributed by atoms with Gasteiger partial charge in [0.2, 0.25) is 0 Å². The van der Waals surface area contributed by atoms with Crippen LogP contribution in [0, 0.1) is 11.8 Å². The lowest BCUT2D eigenvalue weighted by atomic mass is 9.78. The molecule has 0 radical (unpaired) electrons. The zero-order chi connectivity index (χ0) is 11.4. The van der Waals surface area contributed by atoms with Gasteiger partial charge >= 0.3 is 0 Å². The van der Waals surface area contributed by atoms with Gasteiger partial charge in [0, 0.05) is 6.04 Å². The third kappa shape index (κ3) is 2.86. The molecule has 16 heavy (non-hydrogen) atoms. The van der Waals surface area contributed by atoms with Crippen molar-refractivity contribution in [2.45, 2.75) is 45.6 Å². The largest absolute Gasteiger partial charge is 0.310 e. The Balaban J connectivity index is 2.02. The summed E-state index contributed by atoms with van der Waals surface area (Å²) in [5.41, 5.74) is 1.51. The van der Waals surface area contributed by atoms with Crippen molar-refractivity contribution in [3.8, 4) is 0 Å². The Labute approximate surface area is 103 Å². The van der Waals surface area contributed by atoms with E-state index in [1.54, 1.807) is 0 Å². The highest BCUT2D eigenvalue weighted by atomic mass is 32.1. The summed E-state index contributed by atoms with van der Waals surface area (Å²) < 4.78 is 0. The van der Waals surface area contributed by atoms with Gasteiger partial charge in [-0.2, -0.15) is 11.3 Å². The van der Waals surface area contributed by atoms with E-state index < -0.39 is 0 Å². The molecule has 1 nitrogen and oxygen atoms in total. The molecule has 0 amide bonds. The van der Waals surface area contributed by atoms with E-state index in [-0.39, 0.29) is 0 Å². The number of hydrogen-bond donors (Lipinski definition) is 1. The maximum atomic E-state index is 3.68. The first-order chi connectivity index (χ1) is 7.81. The fourth-order valence-corrected chi connectivity index (χ4v) is 3.54. The summed E-state index contributed by atoms with van der Waals surface area (Å²) in [4.78, 5) is 0. The zero-order valence-corrected chi connectivity index (χ0v) is 11.2. The molecule has 1 atom stereocenters. The van der Waals surface area contributed by atoms with Gasteiger partial charge in [-0.3, -0.25) is 0 Å². The maximum absolute atomic E-state index is 3.68. The average molecular weight is 237 g/mol. The van der Waals surface area contributed by atoms with Gasteiger partial charge in [0.05, 0.1) is 0 Å². The summed E-state index contributed by atoms with van der Waals surface area (Å²) in [6, 6.07) is 2.89. The van der Waals surface area contributed by atoms with Gasteiger partial charge in [-0.1, -0.05) is 26.7 Å². The highest BCUT2D eigenvalue weighted by Gasteiger charge is 2.26. The molecule has 0 aromatic carbocycles. The smallest absolute Gasteiger partial charge is 0.0356 e. The summed E-state index contributed by atoms with van der Waals surface area (Å²) in [5, 5.41) is 8.19. The molecule has 0 aliphatic heterocycles. The second-order valence-electron chi connectivity index (χ2n) is 5.11. The molecule has 90 valence electrons. The van der Waals surface area contributed by atoms with Crippen LogP contribution in [0.4, 0.5) is 0 Å². The second kappa shape index (κ2) is 5.83. The van der Waals surface area contributed by atoms with Gasteiger partial charge in [-0.25, -0.2) is 0 Å². The van der Waals surface area contributed by atoms with E-state index in [4.69, 9.17) is 0 Å². The summed E-state index contributed by atoms with van der Waals surface area (Å²) in [7, 11) is 0. The third-order valence-corrected chi connectivity index (χ3v) is 4.56. The minimum absolute atomic E-state index is 0.601. The monoisotopic (exact) mass is 237 g/mol. The molecular formula is C14H23NS. The summed E-state index contributed by atoms with van der Waals surface area (Å²) in [6.07, 6.45) is 5.62. The van der Waals surface area contributed by atoms with Crippen molar-refractivity contribution in [1.82, 2.24) is 5.32 Å². The molecule has 0 spiro atoms. The van der Waals surface area contributed by atoms with Crippen LogP contribution < -0.4 is 5.32 Å². The normalized spacial score (nSPS) is 27.9. The van der Waals surface area contributed by atoms with Crippen molar-refractivity contribution in [2.24, 2.45) is 11.8 Å². The minimum atomic E-state index is 0.601. The van der Waals surface area contributed by atoms with Crippen LogP contribution in [0.25, 0.3) is 0 Å². The first-order valence-electron chi connectivity index (χ1n) is 6.56. The van der Waals surface area contributed by atoms with Crippen LogP contribution in [0.2, 0.25) is 0 Å². The number of rotatable bonds is 4. The van der Waals surface area contributed by atoms with E-state index in [0.29, 0.717) is 6.04 Å². The molecular weight excluding hydrogens is 214 g/mol. The molecule has 1 aliphatic rings. The second-order valence-corrected chi connectivity index (χ2v) is 5.89. The highest BCUT2D eigenvalue weighted by Crippen LogP contribution is 2.37. The molecule has 1 aromatic heterocycles. The highest BCUT2D eigenvalue weighted by molar-refractivity contribution is 7.07. The van der Waals surface area contributed by atoms with Crippen molar-refractivity contribution in [2.75, 3.05) is 6.54 Å². The van der Waals surface area contributed by atoms with E-state index in [2.05, 4.69) is 36.0 Å². The van der Waals surface area contributed by atoms with Crippen molar-refractivity contribution in [3.63, 3.8) is 0 Å². The molecule has 1 N–H and O–H groups in total. The first-order valence-corrected chi connectivity index (χ1v) is 7.51. The number of thiophene rings is 1. The molecule has 1 aromatic rings. The van der Waals surface area contributed by atoms with Gasteiger partial charge in [-0.05, 0) is 53.6 Å². The van der Waals surface area contributed by atoms with Crippen molar-refractivity contribution >= 4 is 11.3 Å². The topological polar surface area (TPSA) is 12.0 Å². The summed E-state index contributed by atoms with van der Waals surface area (Å²) in [6.45, 7) is 5.68. The van der Waals surface area contributed by atoms with Gasteiger partial charge in [0.1, 0.15) is 0 Å². The molecule has 1 heterocycles. The van der Waals surface area contributed by atoms with Crippen molar-refractivity contribution in [3.05, 3.63) is 22.4 Å². The van der Waals surface area contributed by atoms with Crippen molar-refractivity contribution < 1.29 is 0 Å². The fraction of sp³-hybridized carbons (Fsp3) is 0.714. The van der Waals surface area contributed by atoms with E-state index in [1.807, 2.05) is 11.3 Å². The number of nitrogens with one attached hydrogen (secondary N) is 1. The molecule has 1 saturated carbocycles. The van der Waals surface area contributed by atoms with Gasteiger partial charge in [0.25, 0.3) is 0 Å². The van der Waals surface area contributed by atoms with Gasteiger partial charge in [-0.15, -0.1) is 0 Å². The molecule has 1 aliphatic carbocycles. The Morgan fingerprint density at radius 2 is 2.12 bits per heavy atom. The van der Waals surface area contributed by atoms with Gasteiger partial charge < -0.3 is 5.32 Å². The Morgan fingerprint density at radius 3 is 2.69 bits per heavy atom. The lowest BCUT2D eigenvalue weighted by molar-refractivity contribution is 0.233. The SMILES string of the molecule is CCNC(c1ccsc1)C1CCC(C)CC1. The van der Waals surface area contributed by atoms with Crippen LogP contribution in [0.5, 0.6) is 0 Å². The first kappa shape index (κ1) is 12.1. The summed E-state index contributed by atoms with van der Waals surface area (Å²) >= 11 is 1.82. The zero-order valence-electron chi connectivity index (χ0n) is 10.4. The summed E-state index contributed by atoms with van der Waals surface area (Å²) in [5.74, 6) is 1.80. The molecule has 0 saturated heterocycles. The molecule has 0 bridgehead atoms. The van der Waals surface area contributed by atoms with Crippen LogP contribution in [-0.4, -0.2) is 6.54 Å². The average Bonchev–Trinajstić information content (AvgIpc) is 2.81. The van der Waals surface area contributed by atoms with Crippen LogP contribution in [0.1, 0.15) is 51.1 Å². The Bertz CT molecular complexity index is 286. The Morgan fingerprint density at radius 1 is 1.38 bits per heavy atom. The standard InChI is InChI=1S/C14H23NS/c1-3-15-14(13-8-9-16-10-13)12-6-4-11(2)5-7-12/h8-12,14-15H,3-7H2,1-2H3. The lowest BCUT2D eigenvalue weighted by Gasteiger charge is -2.33. The van der Waals surface area contributed by atoms with E-state index in [0.717, 1.165) is 18.4 Å². The number of hydrogen-bond acceptors (Lipinski definition) is 2. The quantitative estimate of drug-likeness (QED) is 0.826. The van der Waals surface area contributed by atoms with Crippen LogP contribution in [-0.2, 0) is 0 Å². The Kier molecular flexibility index (Phi) is 4.42. The van der Waals surface area contributed by atoms with Gasteiger partial charge in [0.15, 0.2) is 0 Å². The lowest BCUT2D eigenvalue weighted by Crippen LogP contribution is -2.30. The predicted molar refractivity (Wildman–Crippen MR) is 71.9 cm³/mol. The van der Waals surface area contributed by atoms with E-state index in [1.165, 1.54) is 31.2 Å². The molecule has 2 heteroatoms. The van der Waals surface area contributed by atoms with E-state index in [9.17, 15) is 0 Å². The third-order valence-electron chi connectivity index (χ3n) is 3.86. The van der Waals surface area contributed by atoms with Crippen LogP contribution in [0.15, 0.2) is 16.8 Å². The Hall–Kier alpha value is -0.340. The molecule has 1 fully saturated rings. The fourth-order valence-electron chi connectivity index (χ4n) is 2.85. The van der Waals surface area contributed by atoms with Crippen molar-refractivity contribution in [1.29, 1.82) is 0 Å². The minimum Gasteiger partial charge on any atom is -0.310 e. The molecule has 1 unspecified atom stereocenters. The predicted octanol–water partition coefficient (Wildman–Crippen LogP) is 4.23. The van der Waals surface area contributed by atoms with Crippen LogP contribution >= 0.6 is 11.3 Å². The van der Waals surface area contributed by atoms with Crippen LogP contribution in [0.3, 0.4) is 0 Å². The maximum Gasteiger partial charge on any atom is 0.0356 e. The molecule has 2 rings (SSSR count).